The maximum atomic E-state index is 2.35. The SMILES string of the molecule is CC.CC1=CC[N+](C)(C)CC1. The molecule has 1 aliphatic heterocycles. The number of nitrogens with zero attached hydrogens (tertiary/aromatic N) is 1. The summed E-state index contributed by atoms with van der Waals surface area (Å²) >= 11 is 0. The molecule has 1 heterocycles. The number of hydrogen-bond acceptors (Lipinski definition) is 0. The molecule has 0 radical (unpaired) electrons. The molecule has 0 aromatic heterocycles. The molecule has 0 saturated heterocycles. The number of quaternary nitrogens is 1. The van der Waals surface area contributed by atoms with Crippen molar-refractivity contribution in [3.63, 3.8) is 0 Å². The summed E-state index contributed by atoms with van der Waals surface area (Å²) in [6, 6.07) is 0. The Labute approximate surface area is 71.3 Å². The van der Waals surface area contributed by atoms with Crippen molar-refractivity contribution in [1.82, 2.24) is 0 Å². The van der Waals surface area contributed by atoms with Crippen molar-refractivity contribution in [3.8, 4) is 0 Å². The molecular weight excluding hydrogens is 134 g/mol. The zero-order chi connectivity index (χ0) is 8.91. The zero-order valence-corrected chi connectivity index (χ0v) is 8.65. The fraction of sp³-hybridized carbons (Fsp3) is 0.800. The molecule has 1 nitrogen and oxygen atoms in total. The third kappa shape index (κ3) is 4.20. The number of likely N-dealkylation sites (N-methyl/N-ethyl adjacent to an activating group) is 1. The first-order valence-corrected chi connectivity index (χ1v) is 4.58. The Bertz CT molecular complexity index is 134. The lowest BCUT2D eigenvalue weighted by molar-refractivity contribution is -0.885. The Morgan fingerprint density at radius 2 is 1.82 bits per heavy atom. The van der Waals surface area contributed by atoms with E-state index in [1.807, 2.05) is 13.8 Å². The van der Waals surface area contributed by atoms with Crippen LogP contribution in [0.15, 0.2) is 11.6 Å². The Kier molecular flexibility index (Phi) is 4.43. The van der Waals surface area contributed by atoms with Crippen LogP contribution < -0.4 is 0 Å². The van der Waals surface area contributed by atoms with Gasteiger partial charge in [-0.3, -0.25) is 0 Å². The Morgan fingerprint density at radius 1 is 1.27 bits per heavy atom. The van der Waals surface area contributed by atoms with Crippen LogP contribution in [0.1, 0.15) is 27.2 Å². The van der Waals surface area contributed by atoms with Crippen LogP contribution in [-0.2, 0) is 0 Å². The maximum Gasteiger partial charge on any atom is 0.0972 e. The van der Waals surface area contributed by atoms with Gasteiger partial charge in [-0.1, -0.05) is 19.4 Å². The van der Waals surface area contributed by atoms with Crippen molar-refractivity contribution < 1.29 is 4.48 Å². The van der Waals surface area contributed by atoms with Gasteiger partial charge in [0, 0.05) is 6.42 Å². The molecule has 11 heavy (non-hydrogen) atoms. The largest absolute Gasteiger partial charge is 0.325 e. The highest BCUT2D eigenvalue weighted by molar-refractivity contribution is 5.00. The van der Waals surface area contributed by atoms with E-state index in [0.717, 1.165) is 4.48 Å². The highest BCUT2D eigenvalue weighted by Gasteiger charge is 2.16. The van der Waals surface area contributed by atoms with Crippen LogP contribution in [0.2, 0.25) is 0 Å². The topological polar surface area (TPSA) is 0 Å². The first kappa shape index (κ1) is 10.7. The molecule has 0 unspecified atom stereocenters. The van der Waals surface area contributed by atoms with Crippen molar-refractivity contribution in [2.75, 3.05) is 27.2 Å². The molecule has 0 aromatic rings. The first-order valence-electron chi connectivity index (χ1n) is 4.58. The summed E-state index contributed by atoms with van der Waals surface area (Å²) in [6.45, 7) is 8.74. The molecule has 0 fully saturated rings. The average molecular weight is 156 g/mol. The standard InChI is InChI=1S/C8H16N.C2H6/c1-8-4-6-9(2,3)7-5-8;1-2/h4H,5-7H2,1-3H3;1-2H3/q+1;. The molecule has 0 spiro atoms. The monoisotopic (exact) mass is 156 g/mol. The molecule has 0 aromatic carbocycles. The normalized spacial score (nSPS) is 21.4. The molecule has 0 aliphatic carbocycles. The van der Waals surface area contributed by atoms with E-state index < -0.39 is 0 Å². The molecule has 0 atom stereocenters. The number of rotatable bonds is 0. The lowest BCUT2D eigenvalue weighted by atomic mass is 10.1. The summed E-state index contributed by atoms with van der Waals surface area (Å²) in [5.41, 5.74) is 1.56. The van der Waals surface area contributed by atoms with Crippen LogP contribution in [0.4, 0.5) is 0 Å². The Morgan fingerprint density at radius 3 is 2.09 bits per heavy atom. The number of hydrogen-bond donors (Lipinski definition) is 0. The second-order valence-corrected chi connectivity index (χ2v) is 3.64. The molecule has 0 N–H and O–H groups in total. The third-order valence-electron chi connectivity index (χ3n) is 2.05. The van der Waals surface area contributed by atoms with Gasteiger partial charge in [0.05, 0.1) is 27.2 Å². The Balaban J connectivity index is 0.000000461. The second kappa shape index (κ2) is 4.55. The van der Waals surface area contributed by atoms with Crippen LogP contribution in [0, 0.1) is 0 Å². The zero-order valence-electron chi connectivity index (χ0n) is 8.65. The van der Waals surface area contributed by atoms with Crippen molar-refractivity contribution in [2.45, 2.75) is 27.2 Å². The van der Waals surface area contributed by atoms with Gasteiger partial charge in [0.1, 0.15) is 0 Å². The van der Waals surface area contributed by atoms with Gasteiger partial charge in [0.2, 0.25) is 0 Å². The highest BCUT2D eigenvalue weighted by atomic mass is 15.3. The lowest BCUT2D eigenvalue weighted by Crippen LogP contribution is -2.42. The first-order chi connectivity index (χ1) is 5.10. The van der Waals surface area contributed by atoms with E-state index in [4.69, 9.17) is 0 Å². The fourth-order valence-corrected chi connectivity index (χ4v) is 1.08. The van der Waals surface area contributed by atoms with E-state index in [2.05, 4.69) is 27.1 Å². The fourth-order valence-electron chi connectivity index (χ4n) is 1.08. The molecule has 1 rings (SSSR count). The predicted octanol–water partition coefficient (Wildman–Crippen LogP) is 2.44. The van der Waals surface area contributed by atoms with Crippen molar-refractivity contribution in [1.29, 1.82) is 0 Å². The minimum Gasteiger partial charge on any atom is -0.325 e. The molecule has 0 saturated carbocycles. The summed E-state index contributed by atoms with van der Waals surface area (Å²) in [4.78, 5) is 0. The minimum absolute atomic E-state index is 1.16. The van der Waals surface area contributed by atoms with Gasteiger partial charge in [0.15, 0.2) is 0 Å². The van der Waals surface area contributed by atoms with Gasteiger partial charge in [0.25, 0.3) is 0 Å². The third-order valence-corrected chi connectivity index (χ3v) is 2.05. The van der Waals surface area contributed by atoms with E-state index in [0.29, 0.717) is 0 Å². The van der Waals surface area contributed by atoms with Crippen LogP contribution in [0.25, 0.3) is 0 Å². The van der Waals surface area contributed by atoms with Gasteiger partial charge in [-0.2, -0.15) is 0 Å². The predicted molar refractivity (Wildman–Crippen MR) is 51.6 cm³/mol. The van der Waals surface area contributed by atoms with E-state index in [9.17, 15) is 0 Å². The van der Waals surface area contributed by atoms with Crippen molar-refractivity contribution >= 4 is 0 Å². The molecule has 1 aliphatic rings. The summed E-state index contributed by atoms with van der Waals surface area (Å²) in [5, 5.41) is 0. The van der Waals surface area contributed by atoms with Crippen LogP contribution in [0.5, 0.6) is 0 Å². The molecule has 66 valence electrons. The van der Waals surface area contributed by atoms with Crippen molar-refractivity contribution in [3.05, 3.63) is 11.6 Å². The average Bonchev–Trinajstić information content (AvgIpc) is 2.00. The van der Waals surface area contributed by atoms with E-state index in [1.165, 1.54) is 19.5 Å². The summed E-state index contributed by atoms with van der Waals surface area (Å²) in [5.74, 6) is 0. The van der Waals surface area contributed by atoms with Gasteiger partial charge in [-0.25, -0.2) is 0 Å². The van der Waals surface area contributed by atoms with Gasteiger partial charge < -0.3 is 4.48 Å². The van der Waals surface area contributed by atoms with E-state index in [1.54, 1.807) is 5.57 Å². The van der Waals surface area contributed by atoms with Crippen molar-refractivity contribution in [2.24, 2.45) is 0 Å². The smallest absolute Gasteiger partial charge is 0.0972 e. The second-order valence-electron chi connectivity index (χ2n) is 3.64. The van der Waals surface area contributed by atoms with E-state index >= 15 is 0 Å². The highest BCUT2D eigenvalue weighted by Crippen LogP contribution is 2.12. The maximum absolute atomic E-state index is 2.35. The van der Waals surface area contributed by atoms with Gasteiger partial charge in [-0.05, 0) is 13.0 Å². The molecular formula is C10H22N+. The summed E-state index contributed by atoms with van der Waals surface area (Å²) in [7, 11) is 4.56. The molecule has 0 bridgehead atoms. The summed E-state index contributed by atoms with van der Waals surface area (Å²) in [6.07, 6.45) is 3.64. The Hall–Kier alpha value is -0.300. The summed E-state index contributed by atoms with van der Waals surface area (Å²) < 4.78 is 1.16. The van der Waals surface area contributed by atoms with Gasteiger partial charge in [-0.15, -0.1) is 0 Å². The molecule has 1 heteroatoms. The van der Waals surface area contributed by atoms with E-state index in [-0.39, 0.29) is 0 Å². The van der Waals surface area contributed by atoms with Crippen LogP contribution in [-0.4, -0.2) is 31.7 Å². The van der Waals surface area contributed by atoms with Crippen LogP contribution >= 0.6 is 0 Å². The lowest BCUT2D eigenvalue weighted by Gasteiger charge is -2.31. The molecule has 0 amide bonds. The minimum atomic E-state index is 1.16. The quantitative estimate of drug-likeness (QED) is 0.373. The van der Waals surface area contributed by atoms with Crippen LogP contribution in [0.3, 0.4) is 0 Å². The van der Waals surface area contributed by atoms with Gasteiger partial charge >= 0.3 is 0 Å².